The van der Waals surface area contributed by atoms with Crippen molar-refractivity contribution in [1.82, 2.24) is 29.5 Å². The molecule has 0 aliphatic heterocycles. The standard InChI is InChI=1S/C14H14FN7O2/c1-2-21-7-9-12(20-21)10(6-15)19-22(13(9)24)8-11(23)18-14-16-4-3-5-17-14/h3-5,7H,2,6,8H2,1H3,(H,16,17,18,23). The average molecular weight is 331 g/mol. The Bertz CT molecular complexity index is 935. The molecule has 0 saturated heterocycles. The van der Waals surface area contributed by atoms with Gasteiger partial charge in [-0.05, 0) is 13.0 Å². The van der Waals surface area contributed by atoms with Crippen LogP contribution in [0.2, 0.25) is 0 Å². The van der Waals surface area contributed by atoms with Crippen LogP contribution in [0.25, 0.3) is 10.9 Å². The van der Waals surface area contributed by atoms with Crippen LogP contribution in [0.4, 0.5) is 10.3 Å². The van der Waals surface area contributed by atoms with Crippen molar-refractivity contribution in [1.29, 1.82) is 0 Å². The minimum Gasteiger partial charge on any atom is -0.293 e. The minimum atomic E-state index is -0.888. The number of carbonyl (C=O) groups is 1. The van der Waals surface area contributed by atoms with Gasteiger partial charge in [0.2, 0.25) is 11.9 Å². The number of amides is 1. The summed E-state index contributed by atoms with van der Waals surface area (Å²) in [5.74, 6) is -0.427. The number of alkyl halides is 1. The third-order valence-corrected chi connectivity index (χ3v) is 3.30. The molecule has 1 N–H and O–H groups in total. The van der Waals surface area contributed by atoms with Crippen molar-refractivity contribution < 1.29 is 9.18 Å². The number of aromatic nitrogens is 6. The number of rotatable bonds is 5. The number of hydrogen-bond acceptors (Lipinski definition) is 6. The normalized spacial score (nSPS) is 10.9. The van der Waals surface area contributed by atoms with Crippen molar-refractivity contribution in [2.45, 2.75) is 26.7 Å². The van der Waals surface area contributed by atoms with E-state index in [9.17, 15) is 14.0 Å². The Balaban J connectivity index is 1.93. The van der Waals surface area contributed by atoms with Gasteiger partial charge >= 0.3 is 0 Å². The van der Waals surface area contributed by atoms with Crippen molar-refractivity contribution in [2.75, 3.05) is 5.32 Å². The zero-order valence-corrected chi connectivity index (χ0v) is 12.8. The van der Waals surface area contributed by atoms with E-state index in [1.807, 2.05) is 6.92 Å². The molecule has 0 radical (unpaired) electrons. The predicted molar refractivity (Wildman–Crippen MR) is 82.9 cm³/mol. The zero-order chi connectivity index (χ0) is 17.1. The molecule has 3 rings (SSSR count). The first-order valence-corrected chi connectivity index (χ1v) is 7.22. The Morgan fingerprint density at radius 2 is 2.04 bits per heavy atom. The maximum absolute atomic E-state index is 13.2. The fraction of sp³-hybridized carbons (Fsp3) is 0.286. The van der Waals surface area contributed by atoms with Gasteiger partial charge in [0.25, 0.3) is 5.56 Å². The van der Waals surface area contributed by atoms with E-state index in [0.717, 1.165) is 4.68 Å². The van der Waals surface area contributed by atoms with Crippen molar-refractivity contribution in [3.05, 3.63) is 40.7 Å². The number of hydrogen-bond donors (Lipinski definition) is 1. The third kappa shape index (κ3) is 2.98. The molecule has 3 aromatic rings. The number of anilines is 1. The fourth-order valence-corrected chi connectivity index (χ4v) is 2.19. The van der Waals surface area contributed by atoms with E-state index in [1.165, 1.54) is 23.3 Å². The molecule has 3 aromatic heterocycles. The van der Waals surface area contributed by atoms with Crippen LogP contribution in [-0.2, 0) is 24.6 Å². The number of halogens is 1. The summed E-state index contributed by atoms with van der Waals surface area (Å²) in [5, 5.41) is 10.7. The van der Waals surface area contributed by atoms with E-state index in [1.54, 1.807) is 6.07 Å². The topological polar surface area (TPSA) is 108 Å². The van der Waals surface area contributed by atoms with Crippen molar-refractivity contribution >= 4 is 22.8 Å². The number of nitrogens with zero attached hydrogens (tertiary/aromatic N) is 6. The zero-order valence-electron chi connectivity index (χ0n) is 12.8. The largest absolute Gasteiger partial charge is 0.293 e. The van der Waals surface area contributed by atoms with Crippen LogP contribution in [0.5, 0.6) is 0 Å². The number of fused-ring (bicyclic) bond motifs is 1. The molecule has 0 aromatic carbocycles. The second kappa shape index (κ2) is 6.52. The quantitative estimate of drug-likeness (QED) is 0.730. The maximum atomic E-state index is 13.2. The summed E-state index contributed by atoms with van der Waals surface area (Å²) >= 11 is 0. The second-order valence-electron chi connectivity index (χ2n) is 4.91. The average Bonchev–Trinajstić information content (AvgIpc) is 3.03. The summed E-state index contributed by atoms with van der Waals surface area (Å²) in [6, 6.07) is 1.61. The van der Waals surface area contributed by atoms with Crippen molar-refractivity contribution in [2.24, 2.45) is 0 Å². The van der Waals surface area contributed by atoms with Gasteiger partial charge in [-0.1, -0.05) is 0 Å². The predicted octanol–water partition coefficient (Wildman–Crippen LogP) is 0.511. The van der Waals surface area contributed by atoms with Crippen molar-refractivity contribution in [3.63, 3.8) is 0 Å². The highest BCUT2D eigenvalue weighted by atomic mass is 19.1. The molecular formula is C14H14FN7O2. The molecular weight excluding hydrogens is 317 g/mol. The van der Waals surface area contributed by atoms with E-state index >= 15 is 0 Å². The molecule has 0 unspecified atom stereocenters. The lowest BCUT2D eigenvalue weighted by Crippen LogP contribution is -2.30. The van der Waals surface area contributed by atoms with Crippen LogP contribution in [0.1, 0.15) is 12.6 Å². The maximum Gasteiger partial charge on any atom is 0.278 e. The van der Waals surface area contributed by atoms with Gasteiger partial charge in [-0.3, -0.25) is 19.6 Å². The first kappa shape index (κ1) is 15.7. The summed E-state index contributed by atoms with van der Waals surface area (Å²) in [6.45, 7) is 1.12. The van der Waals surface area contributed by atoms with Gasteiger partial charge in [-0.15, -0.1) is 0 Å². The van der Waals surface area contributed by atoms with Gasteiger partial charge in [0.15, 0.2) is 0 Å². The smallest absolute Gasteiger partial charge is 0.278 e. The highest BCUT2D eigenvalue weighted by molar-refractivity contribution is 5.89. The molecule has 24 heavy (non-hydrogen) atoms. The van der Waals surface area contributed by atoms with Crippen LogP contribution < -0.4 is 10.9 Å². The lowest BCUT2D eigenvalue weighted by Gasteiger charge is -2.06. The van der Waals surface area contributed by atoms with Crippen LogP contribution in [-0.4, -0.2) is 35.4 Å². The van der Waals surface area contributed by atoms with Gasteiger partial charge in [0.1, 0.15) is 24.4 Å². The van der Waals surface area contributed by atoms with Gasteiger partial charge in [-0.25, -0.2) is 19.0 Å². The molecule has 0 saturated carbocycles. The van der Waals surface area contributed by atoms with E-state index < -0.39 is 18.1 Å². The van der Waals surface area contributed by atoms with Gasteiger partial charge in [-0.2, -0.15) is 10.2 Å². The molecule has 0 aliphatic carbocycles. The molecule has 0 spiro atoms. The highest BCUT2D eigenvalue weighted by Gasteiger charge is 2.16. The van der Waals surface area contributed by atoms with E-state index in [-0.39, 0.29) is 29.1 Å². The van der Waals surface area contributed by atoms with Gasteiger partial charge in [0, 0.05) is 25.1 Å². The Morgan fingerprint density at radius 1 is 1.29 bits per heavy atom. The minimum absolute atomic E-state index is 0.0144. The third-order valence-electron chi connectivity index (χ3n) is 3.30. The van der Waals surface area contributed by atoms with Gasteiger partial charge in [0.05, 0.1) is 5.39 Å². The van der Waals surface area contributed by atoms with E-state index in [0.29, 0.717) is 6.54 Å². The fourth-order valence-electron chi connectivity index (χ4n) is 2.19. The van der Waals surface area contributed by atoms with E-state index in [4.69, 9.17) is 0 Å². The molecule has 9 nitrogen and oxygen atoms in total. The Kier molecular flexibility index (Phi) is 4.27. The summed E-state index contributed by atoms with van der Waals surface area (Å²) in [7, 11) is 0. The Morgan fingerprint density at radius 3 is 2.71 bits per heavy atom. The SMILES string of the molecule is CCn1cc2c(=O)n(CC(=O)Nc3ncccn3)nc(CF)c2n1. The van der Waals surface area contributed by atoms with Crippen LogP contribution in [0, 0.1) is 0 Å². The summed E-state index contributed by atoms with van der Waals surface area (Å²) < 4.78 is 15.7. The lowest BCUT2D eigenvalue weighted by atomic mass is 10.3. The number of nitrogens with one attached hydrogen (secondary N) is 1. The summed E-state index contributed by atoms with van der Waals surface area (Å²) in [5.41, 5.74) is -0.279. The van der Waals surface area contributed by atoms with Crippen molar-refractivity contribution in [3.8, 4) is 0 Å². The molecule has 0 atom stereocenters. The monoisotopic (exact) mass is 331 g/mol. The number of aryl methyl sites for hydroxylation is 1. The lowest BCUT2D eigenvalue weighted by molar-refractivity contribution is -0.117. The van der Waals surface area contributed by atoms with E-state index in [2.05, 4.69) is 25.5 Å². The summed E-state index contributed by atoms with van der Waals surface area (Å²) in [6.07, 6.45) is 4.46. The van der Waals surface area contributed by atoms with Crippen LogP contribution in [0.15, 0.2) is 29.5 Å². The summed E-state index contributed by atoms with van der Waals surface area (Å²) in [4.78, 5) is 32.2. The molecule has 3 heterocycles. The molecule has 1 amide bonds. The van der Waals surface area contributed by atoms with Crippen LogP contribution >= 0.6 is 0 Å². The molecule has 10 heteroatoms. The first-order chi connectivity index (χ1) is 11.6. The molecule has 0 aliphatic rings. The highest BCUT2D eigenvalue weighted by Crippen LogP contribution is 2.12. The Labute approximate surface area is 135 Å². The molecule has 0 fully saturated rings. The second-order valence-corrected chi connectivity index (χ2v) is 4.91. The van der Waals surface area contributed by atoms with Crippen LogP contribution in [0.3, 0.4) is 0 Å². The number of carbonyl (C=O) groups excluding carboxylic acids is 1. The molecule has 124 valence electrons. The molecule has 0 bridgehead atoms. The van der Waals surface area contributed by atoms with Gasteiger partial charge < -0.3 is 0 Å². The first-order valence-electron chi connectivity index (χ1n) is 7.22. The Hall–Kier alpha value is -3.17.